The molecule has 0 aromatic heterocycles. The van der Waals surface area contributed by atoms with E-state index in [1.165, 1.54) is 0 Å². The highest BCUT2D eigenvalue weighted by Gasteiger charge is 2.51. The number of hydrogen-bond acceptors (Lipinski definition) is 19. The monoisotopic (exact) mass is 981 g/mol. The van der Waals surface area contributed by atoms with E-state index in [1.807, 2.05) is 31.2 Å². The van der Waals surface area contributed by atoms with E-state index in [1.54, 1.807) is 81.5 Å². The van der Waals surface area contributed by atoms with E-state index in [-0.39, 0.29) is 38.1 Å². The number of rotatable bonds is 5. The van der Waals surface area contributed by atoms with Crippen LogP contribution in [-0.4, -0.2) is 173 Å². The first-order valence-electron chi connectivity index (χ1n) is 23.8. The van der Waals surface area contributed by atoms with E-state index < -0.39 is 153 Å². The second-order valence-corrected chi connectivity index (χ2v) is 18.6. The van der Waals surface area contributed by atoms with Gasteiger partial charge >= 0.3 is 5.97 Å². The predicted octanol–water partition coefficient (Wildman–Crippen LogP) is -1.01. The highest BCUT2D eigenvalue weighted by atomic mass is 16.7. The number of nitrogens with one attached hydrogen (secondary N) is 1. The minimum atomic E-state index is -2.31. The molecule has 0 aromatic rings. The van der Waals surface area contributed by atoms with Crippen LogP contribution < -0.4 is 22.5 Å². The second kappa shape index (κ2) is 29.7. The van der Waals surface area contributed by atoms with Gasteiger partial charge in [0.1, 0.15) is 12.2 Å². The zero-order valence-electron chi connectivity index (χ0n) is 40.1. The summed E-state index contributed by atoms with van der Waals surface area (Å²) < 4.78 is 23.6. The first-order valence-corrected chi connectivity index (χ1v) is 23.8. The third-order valence-corrected chi connectivity index (χ3v) is 12.6. The van der Waals surface area contributed by atoms with Gasteiger partial charge in [0.15, 0.2) is 12.1 Å². The molecule has 17 N–H and O–H groups in total. The number of allylic oxidation sites excluding steroid dienone is 12. The number of carbonyl (C=O) groups excluding carboxylic acids is 2. The average molecular weight is 981 g/mol. The van der Waals surface area contributed by atoms with Gasteiger partial charge in [0.05, 0.1) is 91.7 Å². The number of fused-ring (bicyclic) bond motifs is 2. The lowest BCUT2D eigenvalue weighted by atomic mass is 9.82. The van der Waals surface area contributed by atoms with Crippen LogP contribution in [0.3, 0.4) is 0 Å². The summed E-state index contributed by atoms with van der Waals surface area (Å²) in [5.41, 5.74) is 17.6. The number of amides is 1. The van der Waals surface area contributed by atoms with Gasteiger partial charge in [-0.05, 0) is 33.1 Å². The summed E-state index contributed by atoms with van der Waals surface area (Å²) in [6.45, 7) is 6.62. The van der Waals surface area contributed by atoms with Gasteiger partial charge in [0.25, 0.3) is 0 Å². The summed E-state index contributed by atoms with van der Waals surface area (Å²) in [5.74, 6) is -5.93. The van der Waals surface area contributed by atoms with Crippen LogP contribution in [0.5, 0.6) is 0 Å². The highest BCUT2D eigenvalue weighted by molar-refractivity contribution is 5.80. The molecule has 1 amide bonds. The minimum absolute atomic E-state index is 0.106. The van der Waals surface area contributed by atoms with E-state index in [4.69, 9.17) is 36.1 Å². The number of hydrogen-bond donors (Lipinski definition) is 14. The fourth-order valence-electron chi connectivity index (χ4n) is 8.33. The molecular weight excluding hydrogens is 901 g/mol. The van der Waals surface area contributed by atoms with Crippen LogP contribution in [0.25, 0.3) is 0 Å². The van der Waals surface area contributed by atoms with Crippen LogP contribution in [-0.2, 0) is 28.5 Å². The zero-order valence-corrected chi connectivity index (χ0v) is 40.1. The largest absolute Gasteiger partial charge is 0.462 e. The van der Waals surface area contributed by atoms with Gasteiger partial charge in [0.2, 0.25) is 5.91 Å². The predicted molar refractivity (Wildman–Crippen MR) is 255 cm³/mol. The lowest BCUT2D eigenvalue weighted by molar-refractivity contribution is -0.307. The molecule has 0 aromatic carbocycles. The van der Waals surface area contributed by atoms with Crippen molar-refractivity contribution in [2.45, 2.75) is 183 Å². The first kappa shape index (κ1) is 59.8. The molecular formula is C49H80N4O16. The van der Waals surface area contributed by atoms with E-state index in [9.17, 15) is 60.7 Å². The molecule has 2 bridgehead atoms. The van der Waals surface area contributed by atoms with E-state index in [0.717, 1.165) is 0 Å². The van der Waals surface area contributed by atoms with E-state index in [2.05, 4.69) is 5.32 Å². The maximum Gasteiger partial charge on any atom is 0.308 e. The third-order valence-electron chi connectivity index (χ3n) is 12.6. The minimum Gasteiger partial charge on any atom is -0.462 e. The molecule has 392 valence electrons. The normalized spacial score (nSPS) is 44.0. The number of nitrogens with two attached hydrogens (primary N) is 3. The van der Waals surface area contributed by atoms with Gasteiger partial charge < -0.3 is 92.5 Å². The molecule has 20 atom stereocenters. The molecule has 0 spiro atoms. The number of aliphatic hydroxyl groups excluding tert-OH is 9. The number of aliphatic hydroxyl groups is 10. The Morgan fingerprint density at radius 3 is 1.90 bits per heavy atom. The summed E-state index contributed by atoms with van der Waals surface area (Å²) in [5, 5.41) is 112. The standard InChI is InChI=1S/C49H80N4O16/c1-28-17-15-13-11-9-7-5-6-8-10-12-14-16-18-35(68-48-46(63)43(52)45(62)31(4)67-48)24-39-42(47(64)53-40(51)27-50)38(59)26-49(65,69-39)25-34(56)22-37(58)36(57)20-19-32(54)21-33(55)23-41(60)66-30(3)29(2)44(28)61/h5-18,28-40,42-46,48,54-59,61-63,65H,19-27,50-52H2,1-4H3,(H,53,64)/b6-5+,9-7+,10-8+,13-11+,14-12+,17-15+,18-16+/t28-,29-,30-,31+,32+,33+,34-,35-,36+,37+,38-,39-,40+,42+,43-,44+,45+,46-,48-,49+/m0/s1. The zero-order chi connectivity index (χ0) is 51.4. The Labute approximate surface area is 405 Å². The molecule has 0 saturated carbocycles. The number of carbonyl (C=O) groups is 2. The van der Waals surface area contributed by atoms with Crippen LogP contribution in [0.2, 0.25) is 0 Å². The van der Waals surface area contributed by atoms with Crippen molar-refractivity contribution in [3.8, 4) is 0 Å². The molecule has 3 rings (SSSR count). The topological polar surface area (TPSA) is 363 Å². The Morgan fingerprint density at radius 2 is 1.30 bits per heavy atom. The number of cyclic esters (lactones) is 1. The maximum atomic E-state index is 13.6. The smallest absolute Gasteiger partial charge is 0.308 e. The average Bonchev–Trinajstić information content (AvgIpc) is 3.27. The summed E-state index contributed by atoms with van der Waals surface area (Å²) in [7, 11) is 0. The molecule has 0 unspecified atom stereocenters. The van der Waals surface area contributed by atoms with Gasteiger partial charge in [0, 0.05) is 44.1 Å². The van der Waals surface area contributed by atoms with Crippen molar-refractivity contribution in [1.82, 2.24) is 5.32 Å². The molecule has 3 aliphatic heterocycles. The van der Waals surface area contributed by atoms with Crippen molar-refractivity contribution in [3.05, 3.63) is 85.1 Å². The SMILES string of the molecule is C[C@@H]1[C@H](O)[C@@H](C)/C=C/C=C/C=C/C=C/C=C/C=C/C=C/[C@H](O[C@@H]2O[C@H](C)[C@@H](O)[C@H](N)[C@@H]2O)C[C@@H]2O[C@](O)(C[C@@H](O)C[C@@H](O)[C@H](O)CC[C@@H](O)C[C@@H](O)CC(=O)O[C@H]1C)C[C@H](O)[C@H]2C(=O)N[C@@H](N)CN. The third kappa shape index (κ3) is 20.3. The van der Waals surface area contributed by atoms with Gasteiger partial charge in [-0.1, -0.05) is 98.9 Å². The highest BCUT2D eigenvalue weighted by Crippen LogP contribution is 2.38. The summed E-state index contributed by atoms with van der Waals surface area (Å²) in [6.07, 6.45) is 2.97. The lowest BCUT2D eigenvalue weighted by Crippen LogP contribution is -2.62. The van der Waals surface area contributed by atoms with Crippen LogP contribution in [0.1, 0.15) is 79.1 Å². The summed E-state index contributed by atoms with van der Waals surface area (Å²) in [6, 6.07) is -1.15. The fraction of sp³-hybridized carbons (Fsp3) is 0.673. The van der Waals surface area contributed by atoms with Crippen LogP contribution in [0.15, 0.2) is 85.1 Å². The lowest BCUT2D eigenvalue weighted by Gasteiger charge is -2.46. The number of esters is 1. The van der Waals surface area contributed by atoms with Crippen molar-refractivity contribution < 1.29 is 79.6 Å². The van der Waals surface area contributed by atoms with Gasteiger partial charge in [-0.2, -0.15) is 0 Å². The van der Waals surface area contributed by atoms with Crippen molar-refractivity contribution in [1.29, 1.82) is 0 Å². The van der Waals surface area contributed by atoms with Gasteiger partial charge in [-0.3, -0.25) is 9.59 Å². The quantitative estimate of drug-likeness (QED) is 0.116. The Bertz CT molecular complexity index is 1760. The van der Waals surface area contributed by atoms with Crippen LogP contribution in [0.4, 0.5) is 0 Å². The second-order valence-electron chi connectivity index (χ2n) is 18.6. The van der Waals surface area contributed by atoms with Crippen molar-refractivity contribution in [2.24, 2.45) is 35.0 Å². The fourth-order valence-corrected chi connectivity index (χ4v) is 8.33. The van der Waals surface area contributed by atoms with Crippen molar-refractivity contribution in [2.75, 3.05) is 6.54 Å². The molecule has 20 heteroatoms. The molecule has 0 aliphatic carbocycles. The Kier molecular flexibility index (Phi) is 25.8. The van der Waals surface area contributed by atoms with Crippen LogP contribution >= 0.6 is 0 Å². The Hall–Kier alpha value is -3.52. The molecule has 2 saturated heterocycles. The molecule has 20 nitrogen and oxygen atoms in total. The van der Waals surface area contributed by atoms with Crippen molar-refractivity contribution in [3.63, 3.8) is 0 Å². The number of ether oxygens (including phenoxy) is 4. The summed E-state index contributed by atoms with van der Waals surface area (Å²) >= 11 is 0. The van der Waals surface area contributed by atoms with Gasteiger partial charge in [-0.15, -0.1) is 0 Å². The summed E-state index contributed by atoms with van der Waals surface area (Å²) in [4.78, 5) is 26.3. The maximum absolute atomic E-state index is 13.6. The Morgan fingerprint density at radius 1 is 0.725 bits per heavy atom. The van der Waals surface area contributed by atoms with Gasteiger partial charge in [-0.25, -0.2) is 0 Å². The molecule has 2 fully saturated rings. The first-order chi connectivity index (χ1) is 32.5. The molecule has 3 aliphatic rings. The van der Waals surface area contributed by atoms with Crippen molar-refractivity contribution >= 4 is 11.9 Å². The molecule has 69 heavy (non-hydrogen) atoms. The van der Waals surface area contributed by atoms with Crippen LogP contribution in [0, 0.1) is 17.8 Å². The molecule has 0 radical (unpaired) electrons. The molecule has 3 heterocycles. The van der Waals surface area contributed by atoms with E-state index >= 15 is 0 Å². The Balaban J connectivity index is 1.93. The van der Waals surface area contributed by atoms with E-state index in [0.29, 0.717) is 0 Å².